The van der Waals surface area contributed by atoms with Crippen molar-refractivity contribution in [3.05, 3.63) is 48.5 Å². The third-order valence-electron chi connectivity index (χ3n) is 3.33. The molecule has 2 aromatic carbocycles. The van der Waals surface area contributed by atoms with Crippen LogP contribution in [0.2, 0.25) is 0 Å². The van der Waals surface area contributed by atoms with E-state index >= 15 is 0 Å². The lowest BCUT2D eigenvalue weighted by Crippen LogP contribution is -2.01. The summed E-state index contributed by atoms with van der Waals surface area (Å²) in [4.78, 5) is 0. The lowest BCUT2D eigenvalue weighted by Gasteiger charge is -2.12. The van der Waals surface area contributed by atoms with Crippen LogP contribution in [0.4, 0.5) is 17.1 Å². The number of rotatable bonds is 8. The van der Waals surface area contributed by atoms with E-state index < -0.39 is 0 Å². The monoisotopic (exact) mass is 284 g/mol. The fourth-order valence-electron chi connectivity index (χ4n) is 2.14. The molecule has 3 N–H and O–H groups in total. The molecule has 21 heavy (non-hydrogen) atoms. The third kappa shape index (κ3) is 5.03. The second-order valence-corrected chi connectivity index (χ2v) is 5.15. The molecule has 0 heterocycles. The summed E-state index contributed by atoms with van der Waals surface area (Å²) in [5, 5.41) is 3.35. The number of para-hydroxylation sites is 1. The summed E-state index contributed by atoms with van der Waals surface area (Å²) in [5.41, 5.74) is 8.69. The normalized spacial score (nSPS) is 10.3. The van der Waals surface area contributed by atoms with Gasteiger partial charge in [-0.05, 0) is 30.7 Å². The minimum Gasteiger partial charge on any atom is -0.491 e. The number of nitrogen functional groups attached to an aromatic ring is 1. The fourth-order valence-corrected chi connectivity index (χ4v) is 2.14. The van der Waals surface area contributed by atoms with Gasteiger partial charge < -0.3 is 15.8 Å². The Labute approximate surface area is 127 Å². The van der Waals surface area contributed by atoms with Gasteiger partial charge in [0.2, 0.25) is 0 Å². The van der Waals surface area contributed by atoms with Crippen molar-refractivity contribution in [2.24, 2.45) is 0 Å². The summed E-state index contributed by atoms with van der Waals surface area (Å²) in [5.74, 6) is 0.757. The molecule has 0 saturated carbocycles. The first-order valence-corrected chi connectivity index (χ1v) is 7.64. The van der Waals surface area contributed by atoms with E-state index in [1.54, 1.807) is 0 Å². The molecular weight excluding hydrogens is 260 g/mol. The van der Waals surface area contributed by atoms with Gasteiger partial charge in [0.1, 0.15) is 5.75 Å². The summed E-state index contributed by atoms with van der Waals surface area (Å²) in [6, 6.07) is 15.9. The zero-order chi connectivity index (χ0) is 14.9. The van der Waals surface area contributed by atoms with E-state index in [1.165, 1.54) is 19.3 Å². The van der Waals surface area contributed by atoms with Crippen LogP contribution in [-0.2, 0) is 0 Å². The molecule has 0 aliphatic carbocycles. The van der Waals surface area contributed by atoms with Gasteiger partial charge in [-0.2, -0.15) is 0 Å². The van der Waals surface area contributed by atoms with Gasteiger partial charge in [-0.3, -0.25) is 0 Å². The van der Waals surface area contributed by atoms with Gasteiger partial charge in [0.25, 0.3) is 0 Å². The van der Waals surface area contributed by atoms with Gasteiger partial charge in [-0.25, -0.2) is 0 Å². The van der Waals surface area contributed by atoms with E-state index in [1.807, 2.05) is 48.5 Å². The largest absolute Gasteiger partial charge is 0.491 e. The molecule has 0 aromatic heterocycles. The maximum absolute atomic E-state index is 5.97. The predicted molar refractivity (Wildman–Crippen MR) is 90.2 cm³/mol. The summed E-state index contributed by atoms with van der Waals surface area (Å²) in [6.45, 7) is 2.93. The second kappa shape index (κ2) is 8.20. The molecule has 2 aromatic rings. The van der Waals surface area contributed by atoms with Crippen molar-refractivity contribution in [3.63, 3.8) is 0 Å². The molecule has 0 aliphatic rings. The van der Waals surface area contributed by atoms with Gasteiger partial charge in [0.15, 0.2) is 0 Å². The number of benzene rings is 2. The van der Waals surface area contributed by atoms with Crippen LogP contribution in [-0.4, -0.2) is 6.61 Å². The summed E-state index contributed by atoms with van der Waals surface area (Å²) in [7, 11) is 0. The molecule has 0 saturated heterocycles. The Balaban J connectivity index is 1.93. The van der Waals surface area contributed by atoms with Gasteiger partial charge in [-0.15, -0.1) is 0 Å². The number of nitrogens with one attached hydrogen (secondary N) is 1. The van der Waals surface area contributed by atoms with Crippen LogP contribution in [0.5, 0.6) is 5.75 Å². The Morgan fingerprint density at radius 1 is 0.952 bits per heavy atom. The Kier molecular flexibility index (Phi) is 5.95. The SMILES string of the molecule is CCCCCCOc1cc(Nc2ccccc2)ccc1N. The van der Waals surface area contributed by atoms with Gasteiger partial charge in [0.05, 0.1) is 12.3 Å². The highest BCUT2D eigenvalue weighted by molar-refractivity contribution is 5.66. The lowest BCUT2D eigenvalue weighted by molar-refractivity contribution is 0.307. The Hall–Kier alpha value is -2.16. The van der Waals surface area contributed by atoms with Gasteiger partial charge in [0, 0.05) is 17.4 Å². The van der Waals surface area contributed by atoms with Crippen molar-refractivity contribution in [1.29, 1.82) is 0 Å². The topological polar surface area (TPSA) is 47.3 Å². The maximum atomic E-state index is 5.97. The van der Waals surface area contributed by atoms with E-state index in [0.717, 1.165) is 30.2 Å². The molecule has 0 atom stereocenters. The number of nitrogens with two attached hydrogens (primary N) is 1. The molecule has 0 aliphatic heterocycles. The molecule has 0 fully saturated rings. The molecular formula is C18H24N2O. The summed E-state index contributed by atoms with van der Waals surface area (Å²) >= 11 is 0. The van der Waals surface area contributed by atoms with E-state index in [0.29, 0.717) is 5.69 Å². The van der Waals surface area contributed by atoms with Gasteiger partial charge in [-0.1, -0.05) is 44.4 Å². The molecule has 2 rings (SSSR count). The van der Waals surface area contributed by atoms with Crippen LogP contribution in [0, 0.1) is 0 Å². The first-order chi connectivity index (χ1) is 10.3. The standard InChI is InChI=1S/C18H24N2O/c1-2-3-4-8-13-21-18-14-16(11-12-17(18)19)20-15-9-6-5-7-10-15/h5-7,9-12,14,20H,2-4,8,13,19H2,1H3. The summed E-state index contributed by atoms with van der Waals surface area (Å²) in [6.07, 6.45) is 4.77. The molecule has 0 amide bonds. The molecule has 0 unspecified atom stereocenters. The average molecular weight is 284 g/mol. The highest BCUT2D eigenvalue weighted by Crippen LogP contribution is 2.27. The minimum absolute atomic E-state index is 0.684. The Morgan fingerprint density at radius 2 is 1.76 bits per heavy atom. The lowest BCUT2D eigenvalue weighted by atomic mass is 10.2. The molecule has 0 spiro atoms. The van der Waals surface area contributed by atoms with Crippen LogP contribution in [0.1, 0.15) is 32.6 Å². The van der Waals surface area contributed by atoms with Crippen molar-refractivity contribution in [2.75, 3.05) is 17.7 Å². The van der Waals surface area contributed by atoms with E-state index in [9.17, 15) is 0 Å². The van der Waals surface area contributed by atoms with Crippen molar-refractivity contribution in [1.82, 2.24) is 0 Å². The Bertz CT molecular complexity index is 540. The predicted octanol–water partition coefficient (Wildman–Crippen LogP) is 4.97. The fraction of sp³-hybridized carbons (Fsp3) is 0.333. The number of anilines is 3. The highest BCUT2D eigenvalue weighted by atomic mass is 16.5. The van der Waals surface area contributed by atoms with Gasteiger partial charge >= 0.3 is 0 Å². The van der Waals surface area contributed by atoms with E-state index in [4.69, 9.17) is 10.5 Å². The third-order valence-corrected chi connectivity index (χ3v) is 3.33. The number of hydrogen-bond donors (Lipinski definition) is 2. The van der Waals surface area contributed by atoms with Crippen molar-refractivity contribution < 1.29 is 4.74 Å². The second-order valence-electron chi connectivity index (χ2n) is 5.15. The van der Waals surface area contributed by atoms with Crippen molar-refractivity contribution in [3.8, 4) is 5.75 Å². The van der Waals surface area contributed by atoms with Crippen LogP contribution < -0.4 is 15.8 Å². The van der Waals surface area contributed by atoms with E-state index in [2.05, 4.69) is 12.2 Å². The van der Waals surface area contributed by atoms with Crippen LogP contribution in [0.3, 0.4) is 0 Å². The molecule has 3 nitrogen and oxygen atoms in total. The van der Waals surface area contributed by atoms with Crippen LogP contribution in [0.25, 0.3) is 0 Å². The van der Waals surface area contributed by atoms with Crippen molar-refractivity contribution >= 4 is 17.1 Å². The Morgan fingerprint density at radius 3 is 2.52 bits per heavy atom. The molecule has 3 heteroatoms. The summed E-state index contributed by atoms with van der Waals surface area (Å²) < 4.78 is 5.80. The number of unbranched alkanes of at least 4 members (excludes halogenated alkanes) is 3. The minimum atomic E-state index is 0.684. The van der Waals surface area contributed by atoms with E-state index in [-0.39, 0.29) is 0 Å². The first-order valence-electron chi connectivity index (χ1n) is 7.64. The molecule has 0 radical (unpaired) electrons. The molecule has 0 bridgehead atoms. The highest BCUT2D eigenvalue weighted by Gasteiger charge is 2.03. The van der Waals surface area contributed by atoms with Crippen LogP contribution >= 0.6 is 0 Å². The quantitative estimate of drug-likeness (QED) is 0.531. The zero-order valence-electron chi connectivity index (χ0n) is 12.6. The maximum Gasteiger partial charge on any atom is 0.144 e. The molecule has 112 valence electrons. The first kappa shape index (κ1) is 15.2. The van der Waals surface area contributed by atoms with Crippen molar-refractivity contribution in [2.45, 2.75) is 32.6 Å². The average Bonchev–Trinajstić information content (AvgIpc) is 2.51. The van der Waals surface area contributed by atoms with Crippen LogP contribution in [0.15, 0.2) is 48.5 Å². The number of ether oxygens (including phenoxy) is 1. The zero-order valence-corrected chi connectivity index (χ0v) is 12.6. The smallest absolute Gasteiger partial charge is 0.144 e. The number of hydrogen-bond acceptors (Lipinski definition) is 3.